The average Bonchev–Trinajstić information content (AvgIpc) is 3.44. The number of rotatable bonds is 42. The smallest absolute Gasteiger partial charge is 0.253 e. The second kappa shape index (κ2) is 38.1. The van der Waals surface area contributed by atoms with Gasteiger partial charge in [0.2, 0.25) is 0 Å². The lowest BCUT2D eigenvalue weighted by atomic mass is 10.5. The van der Waals surface area contributed by atoms with E-state index in [1.54, 1.807) is 0 Å². The van der Waals surface area contributed by atoms with Crippen LogP contribution in [0.25, 0.3) is 0 Å². The van der Waals surface area contributed by atoms with Crippen LogP contribution in [0.3, 0.4) is 0 Å². The molecular weight excluding hydrogens is 676 g/mol. The quantitative estimate of drug-likeness (QED) is 0.0592. The van der Waals surface area contributed by atoms with Gasteiger partial charge in [-0.05, 0) is 14.1 Å². The molecule has 51 heavy (non-hydrogen) atoms. The SMILES string of the molecule is CN(C)CCOCCOCCOCCOCCOCCOCCOCCOCCOCCOCCOCCOCCOCCN1C(=O)C=CC1=O. The zero-order valence-corrected chi connectivity index (χ0v) is 31.0. The molecule has 0 saturated carbocycles. The Morgan fingerprint density at radius 2 is 0.549 bits per heavy atom. The van der Waals surface area contributed by atoms with Crippen LogP contribution in [0.5, 0.6) is 0 Å². The summed E-state index contributed by atoms with van der Waals surface area (Å²) in [5, 5.41) is 0. The van der Waals surface area contributed by atoms with E-state index in [9.17, 15) is 9.59 Å². The summed E-state index contributed by atoms with van der Waals surface area (Å²) in [5.41, 5.74) is 0. The maximum absolute atomic E-state index is 11.4. The van der Waals surface area contributed by atoms with Crippen molar-refractivity contribution in [2.75, 3.05) is 199 Å². The number of likely N-dealkylation sites (N-methyl/N-ethyl adjacent to an activating group) is 1. The highest BCUT2D eigenvalue weighted by atomic mass is 16.6. The third-order valence-corrected chi connectivity index (χ3v) is 6.51. The van der Waals surface area contributed by atoms with Crippen molar-refractivity contribution >= 4 is 11.8 Å². The van der Waals surface area contributed by atoms with Gasteiger partial charge < -0.3 is 66.5 Å². The molecule has 17 nitrogen and oxygen atoms in total. The van der Waals surface area contributed by atoms with Crippen LogP contribution in [0.2, 0.25) is 0 Å². The van der Waals surface area contributed by atoms with Crippen LogP contribution in [-0.4, -0.2) is 221 Å². The molecule has 0 aromatic carbocycles. The molecule has 0 saturated heterocycles. The van der Waals surface area contributed by atoms with Gasteiger partial charge in [0, 0.05) is 18.7 Å². The molecule has 0 aromatic rings. The van der Waals surface area contributed by atoms with Gasteiger partial charge in [0.25, 0.3) is 11.8 Å². The van der Waals surface area contributed by atoms with Gasteiger partial charge in [0.15, 0.2) is 0 Å². The van der Waals surface area contributed by atoms with Gasteiger partial charge in [-0.15, -0.1) is 0 Å². The van der Waals surface area contributed by atoms with E-state index in [4.69, 9.17) is 61.6 Å². The first-order chi connectivity index (χ1) is 25.1. The number of carbonyl (C=O) groups excluding carboxylic acids is 2. The summed E-state index contributed by atoms with van der Waals surface area (Å²) >= 11 is 0. The lowest BCUT2D eigenvalue weighted by Crippen LogP contribution is -2.33. The maximum atomic E-state index is 11.4. The van der Waals surface area contributed by atoms with Crippen molar-refractivity contribution in [3.8, 4) is 0 Å². The predicted molar refractivity (Wildman–Crippen MR) is 185 cm³/mol. The van der Waals surface area contributed by atoms with Gasteiger partial charge in [-0.3, -0.25) is 14.5 Å². The third kappa shape index (κ3) is 33.9. The summed E-state index contributed by atoms with van der Waals surface area (Å²) in [6.45, 7) is 14.0. The molecule has 1 heterocycles. The normalized spacial score (nSPS) is 13.1. The molecule has 2 amide bonds. The van der Waals surface area contributed by atoms with E-state index in [1.807, 2.05) is 14.1 Å². The standard InChI is InChI=1S/C34H64N2O15/c1-35(2)5-7-39-9-11-41-13-15-43-17-19-45-21-23-47-25-27-49-29-31-51-32-30-50-28-26-48-24-22-46-20-18-44-16-14-42-12-10-40-8-6-36-33(37)3-4-34(36)38/h3-4H,5-32H2,1-2H3. The Labute approximate surface area is 303 Å². The number of carbonyl (C=O) groups is 2. The number of ether oxygens (including phenoxy) is 13. The second-order valence-electron chi connectivity index (χ2n) is 10.9. The minimum absolute atomic E-state index is 0.238. The van der Waals surface area contributed by atoms with E-state index in [-0.39, 0.29) is 25.0 Å². The summed E-state index contributed by atoms with van der Waals surface area (Å²) in [6, 6.07) is 0. The van der Waals surface area contributed by atoms with Crippen molar-refractivity contribution < 1.29 is 71.2 Å². The van der Waals surface area contributed by atoms with Gasteiger partial charge >= 0.3 is 0 Å². The lowest BCUT2D eigenvalue weighted by molar-refractivity contribution is -0.137. The Hall–Kier alpha value is -1.68. The predicted octanol–water partition coefficient (Wildman–Crippen LogP) is -0.311. The lowest BCUT2D eigenvalue weighted by Gasteiger charge is -2.13. The molecular formula is C34H64N2O15. The highest BCUT2D eigenvalue weighted by molar-refractivity contribution is 6.12. The zero-order chi connectivity index (χ0) is 36.7. The van der Waals surface area contributed by atoms with Crippen LogP contribution in [0.15, 0.2) is 12.2 Å². The van der Waals surface area contributed by atoms with Crippen LogP contribution in [0.4, 0.5) is 0 Å². The Morgan fingerprint density at radius 3 is 0.765 bits per heavy atom. The Bertz CT molecular complexity index is 792. The number of hydrogen-bond acceptors (Lipinski definition) is 16. The minimum atomic E-state index is -0.307. The fourth-order valence-electron chi connectivity index (χ4n) is 3.80. The van der Waals surface area contributed by atoms with Crippen LogP contribution in [0, 0.1) is 0 Å². The highest BCUT2D eigenvalue weighted by Gasteiger charge is 2.22. The van der Waals surface area contributed by atoms with Gasteiger partial charge in [-0.2, -0.15) is 0 Å². The molecule has 0 aromatic heterocycles. The Balaban J connectivity index is 1.61. The second-order valence-corrected chi connectivity index (χ2v) is 10.9. The zero-order valence-electron chi connectivity index (χ0n) is 31.0. The minimum Gasteiger partial charge on any atom is -0.378 e. The van der Waals surface area contributed by atoms with Crippen LogP contribution < -0.4 is 0 Å². The molecule has 17 heteroatoms. The fraction of sp³-hybridized carbons (Fsp3) is 0.882. The third-order valence-electron chi connectivity index (χ3n) is 6.51. The summed E-state index contributed by atoms with van der Waals surface area (Å²) < 4.78 is 70.9. The van der Waals surface area contributed by atoms with Gasteiger partial charge in [-0.25, -0.2) is 0 Å². The number of nitrogens with zero attached hydrogens (tertiary/aromatic N) is 2. The molecule has 1 aliphatic rings. The van der Waals surface area contributed by atoms with Crippen LogP contribution >= 0.6 is 0 Å². The van der Waals surface area contributed by atoms with Crippen molar-refractivity contribution in [1.29, 1.82) is 0 Å². The van der Waals surface area contributed by atoms with Crippen molar-refractivity contribution in [1.82, 2.24) is 9.80 Å². The van der Waals surface area contributed by atoms with Gasteiger partial charge in [0.1, 0.15) is 0 Å². The molecule has 1 rings (SSSR count). The summed E-state index contributed by atoms with van der Waals surface area (Å²) in [4.78, 5) is 26.0. The van der Waals surface area contributed by atoms with E-state index in [1.165, 1.54) is 12.2 Å². The molecule has 0 atom stereocenters. The number of imide groups is 1. The summed E-state index contributed by atoms with van der Waals surface area (Å²) in [5.74, 6) is -0.615. The number of hydrogen-bond donors (Lipinski definition) is 0. The molecule has 0 spiro atoms. The monoisotopic (exact) mass is 740 g/mol. The van der Waals surface area contributed by atoms with Crippen molar-refractivity contribution in [3.63, 3.8) is 0 Å². The van der Waals surface area contributed by atoms with Crippen molar-refractivity contribution in [2.24, 2.45) is 0 Å². The average molecular weight is 741 g/mol. The Kier molecular flexibility index (Phi) is 35.3. The van der Waals surface area contributed by atoms with Crippen molar-refractivity contribution in [3.05, 3.63) is 12.2 Å². The summed E-state index contributed by atoms with van der Waals surface area (Å²) in [6.07, 6.45) is 2.51. The van der Waals surface area contributed by atoms with Crippen LogP contribution in [0.1, 0.15) is 0 Å². The first-order valence-electron chi connectivity index (χ1n) is 17.8. The van der Waals surface area contributed by atoms with Crippen LogP contribution in [-0.2, 0) is 71.2 Å². The highest BCUT2D eigenvalue weighted by Crippen LogP contribution is 2.02. The van der Waals surface area contributed by atoms with Gasteiger partial charge in [0.05, 0.1) is 178 Å². The fourth-order valence-corrected chi connectivity index (χ4v) is 3.80. The molecule has 0 aliphatic carbocycles. The van der Waals surface area contributed by atoms with E-state index in [2.05, 4.69) is 4.90 Å². The van der Waals surface area contributed by atoms with Crippen molar-refractivity contribution in [2.45, 2.75) is 0 Å². The number of amides is 2. The Morgan fingerprint density at radius 1 is 0.353 bits per heavy atom. The maximum Gasteiger partial charge on any atom is 0.253 e. The first-order valence-corrected chi connectivity index (χ1v) is 17.8. The van der Waals surface area contributed by atoms with E-state index in [0.717, 1.165) is 11.4 Å². The molecule has 0 radical (unpaired) electrons. The van der Waals surface area contributed by atoms with E-state index in [0.29, 0.717) is 165 Å². The molecule has 1 aliphatic heterocycles. The summed E-state index contributed by atoms with van der Waals surface area (Å²) in [7, 11) is 4.03. The van der Waals surface area contributed by atoms with Gasteiger partial charge in [-0.1, -0.05) is 0 Å². The molecule has 0 fully saturated rings. The van der Waals surface area contributed by atoms with E-state index >= 15 is 0 Å². The molecule has 0 N–H and O–H groups in total. The first kappa shape index (κ1) is 47.3. The topological polar surface area (TPSA) is 161 Å². The van der Waals surface area contributed by atoms with E-state index < -0.39 is 0 Å². The largest absolute Gasteiger partial charge is 0.378 e. The molecule has 300 valence electrons. The molecule has 0 bridgehead atoms. The molecule has 0 unspecified atom stereocenters.